The molecule has 1 heterocycles. The van der Waals surface area contributed by atoms with Crippen molar-refractivity contribution in [3.05, 3.63) is 28.8 Å². The van der Waals surface area contributed by atoms with E-state index < -0.39 is 0 Å². The Labute approximate surface area is 94.6 Å². The largest absolute Gasteiger partial charge is 0.495 e. The van der Waals surface area contributed by atoms with Gasteiger partial charge < -0.3 is 10.1 Å². The molecule has 1 unspecified atom stereocenters. The standard InChI is InChI=1S/C12H14ClNO/c1-15-11-3-2-8(4-10(11)13)12-5-9(12)6-14-7-12/h2-4,9,14H,5-7H2,1H3/t9-,12?/m1/s1. The highest BCUT2D eigenvalue weighted by Crippen LogP contribution is 2.56. The van der Waals surface area contributed by atoms with E-state index in [2.05, 4.69) is 17.4 Å². The van der Waals surface area contributed by atoms with Crippen LogP contribution in [0.2, 0.25) is 5.02 Å². The lowest BCUT2D eigenvalue weighted by Gasteiger charge is -2.13. The third-order valence-electron chi connectivity index (χ3n) is 3.79. The van der Waals surface area contributed by atoms with Gasteiger partial charge >= 0.3 is 0 Å². The van der Waals surface area contributed by atoms with Crippen LogP contribution in [0, 0.1) is 5.92 Å². The van der Waals surface area contributed by atoms with E-state index >= 15 is 0 Å². The van der Waals surface area contributed by atoms with Crippen molar-refractivity contribution in [1.82, 2.24) is 5.32 Å². The lowest BCUT2D eigenvalue weighted by atomic mass is 9.95. The van der Waals surface area contributed by atoms with Gasteiger partial charge in [0.25, 0.3) is 0 Å². The van der Waals surface area contributed by atoms with Gasteiger partial charge in [-0.25, -0.2) is 0 Å². The zero-order valence-electron chi connectivity index (χ0n) is 8.72. The monoisotopic (exact) mass is 223 g/mol. The molecule has 80 valence electrons. The summed E-state index contributed by atoms with van der Waals surface area (Å²) in [4.78, 5) is 0. The molecule has 0 radical (unpaired) electrons. The summed E-state index contributed by atoms with van der Waals surface area (Å²) in [6, 6.07) is 6.19. The summed E-state index contributed by atoms with van der Waals surface area (Å²) < 4.78 is 5.16. The van der Waals surface area contributed by atoms with Crippen molar-refractivity contribution in [3.63, 3.8) is 0 Å². The Morgan fingerprint density at radius 1 is 1.53 bits per heavy atom. The topological polar surface area (TPSA) is 21.3 Å². The quantitative estimate of drug-likeness (QED) is 0.830. The van der Waals surface area contributed by atoms with E-state index in [1.165, 1.54) is 12.0 Å². The summed E-state index contributed by atoms with van der Waals surface area (Å²) in [6.07, 6.45) is 1.31. The minimum absolute atomic E-state index is 0.385. The van der Waals surface area contributed by atoms with E-state index in [0.717, 1.165) is 29.8 Å². The van der Waals surface area contributed by atoms with Gasteiger partial charge in [-0.2, -0.15) is 0 Å². The Morgan fingerprint density at radius 2 is 2.40 bits per heavy atom. The van der Waals surface area contributed by atoms with Crippen LogP contribution in [0.1, 0.15) is 12.0 Å². The fourth-order valence-electron chi connectivity index (χ4n) is 2.77. The molecular formula is C12H14ClNO. The molecule has 0 spiro atoms. The third-order valence-corrected chi connectivity index (χ3v) is 4.09. The zero-order chi connectivity index (χ0) is 10.5. The number of rotatable bonds is 2. The normalized spacial score (nSPS) is 32.5. The fraction of sp³-hybridized carbons (Fsp3) is 0.500. The molecule has 2 aliphatic rings. The predicted octanol–water partition coefficient (Wildman–Crippen LogP) is 2.21. The molecule has 1 saturated heterocycles. The highest BCUT2D eigenvalue weighted by Gasteiger charge is 2.58. The smallest absolute Gasteiger partial charge is 0.137 e. The second kappa shape index (κ2) is 3.13. The molecule has 0 aromatic heterocycles. The highest BCUT2D eigenvalue weighted by atomic mass is 35.5. The van der Waals surface area contributed by atoms with Crippen molar-refractivity contribution in [2.75, 3.05) is 20.2 Å². The molecule has 3 rings (SSSR count). The Morgan fingerprint density at radius 3 is 2.93 bits per heavy atom. The molecule has 1 aromatic rings. The minimum Gasteiger partial charge on any atom is -0.495 e. The Hall–Kier alpha value is -0.730. The number of piperidine rings is 1. The molecule has 2 fully saturated rings. The third kappa shape index (κ3) is 1.28. The maximum atomic E-state index is 6.14. The maximum absolute atomic E-state index is 6.14. The first-order valence-electron chi connectivity index (χ1n) is 5.31. The van der Waals surface area contributed by atoms with Crippen LogP contribution in [0.15, 0.2) is 18.2 Å². The van der Waals surface area contributed by atoms with Crippen LogP contribution in [0.3, 0.4) is 0 Å². The van der Waals surface area contributed by atoms with Gasteiger partial charge in [0.05, 0.1) is 12.1 Å². The van der Waals surface area contributed by atoms with Crippen LogP contribution < -0.4 is 10.1 Å². The second-order valence-electron chi connectivity index (χ2n) is 4.54. The van der Waals surface area contributed by atoms with Crippen LogP contribution in [-0.4, -0.2) is 20.2 Å². The average molecular weight is 224 g/mol. The number of halogens is 1. The molecule has 1 N–H and O–H groups in total. The maximum Gasteiger partial charge on any atom is 0.137 e. The Kier molecular flexibility index (Phi) is 1.98. The number of benzene rings is 1. The number of methoxy groups -OCH3 is 1. The van der Waals surface area contributed by atoms with Gasteiger partial charge in [-0.1, -0.05) is 17.7 Å². The van der Waals surface area contributed by atoms with Crippen molar-refractivity contribution in [3.8, 4) is 5.75 Å². The van der Waals surface area contributed by atoms with E-state index in [9.17, 15) is 0 Å². The summed E-state index contributed by atoms with van der Waals surface area (Å²) in [7, 11) is 1.65. The van der Waals surface area contributed by atoms with Crippen LogP contribution in [0.25, 0.3) is 0 Å². The molecule has 1 aliphatic carbocycles. The van der Waals surface area contributed by atoms with Crippen LogP contribution in [-0.2, 0) is 5.41 Å². The molecule has 3 heteroatoms. The highest BCUT2D eigenvalue weighted by molar-refractivity contribution is 6.32. The molecule has 0 bridgehead atoms. The van der Waals surface area contributed by atoms with E-state index in [1.54, 1.807) is 7.11 Å². The first kappa shape index (κ1) is 9.49. The lowest BCUT2D eigenvalue weighted by Crippen LogP contribution is -2.19. The van der Waals surface area contributed by atoms with Crippen molar-refractivity contribution in [2.45, 2.75) is 11.8 Å². The molecule has 0 amide bonds. The zero-order valence-corrected chi connectivity index (χ0v) is 9.47. The van der Waals surface area contributed by atoms with Crippen molar-refractivity contribution in [2.24, 2.45) is 5.92 Å². The number of hydrogen-bond acceptors (Lipinski definition) is 2. The Bertz CT molecular complexity index is 407. The summed E-state index contributed by atoms with van der Waals surface area (Å²) >= 11 is 6.14. The first-order valence-corrected chi connectivity index (χ1v) is 5.69. The SMILES string of the molecule is COc1ccc(C23CNC[C@H]2C3)cc1Cl. The predicted molar refractivity (Wildman–Crippen MR) is 60.7 cm³/mol. The van der Waals surface area contributed by atoms with Gasteiger partial charge in [-0.15, -0.1) is 0 Å². The minimum atomic E-state index is 0.385. The van der Waals surface area contributed by atoms with Crippen molar-refractivity contribution >= 4 is 11.6 Å². The molecule has 1 saturated carbocycles. The molecule has 1 aliphatic heterocycles. The fourth-order valence-corrected chi connectivity index (χ4v) is 3.02. The van der Waals surface area contributed by atoms with E-state index in [0.29, 0.717) is 5.41 Å². The van der Waals surface area contributed by atoms with Gasteiger partial charge in [0.15, 0.2) is 0 Å². The summed E-state index contributed by atoms with van der Waals surface area (Å²) in [5.41, 5.74) is 1.75. The van der Waals surface area contributed by atoms with E-state index in [-0.39, 0.29) is 0 Å². The molecule has 2 nitrogen and oxygen atoms in total. The van der Waals surface area contributed by atoms with E-state index in [4.69, 9.17) is 16.3 Å². The molecular weight excluding hydrogens is 210 g/mol. The second-order valence-corrected chi connectivity index (χ2v) is 4.94. The molecule has 1 aromatic carbocycles. The van der Waals surface area contributed by atoms with Gasteiger partial charge in [-0.05, 0) is 36.6 Å². The lowest BCUT2D eigenvalue weighted by molar-refractivity contribution is 0.414. The summed E-state index contributed by atoms with van der Waals surface area (Å²) in [6.45, 7) is 2.25. The van der Waals surface area contributed by atoms with Gasteiger partial charge in [0.2, 0.25) is 0 Å². The van der Waals surface area contributed by atoms with Crippen LogP contribution >= 0.6 is 11.6 Å². The molecule has 15 heavy (non-hydrogen) atoms. The first-order chi connectivity index (χ1) is 7.26. The summed E-state index contributed by atoms with van der Waals surface area (Å²) in [5.74, 6) is 1.59. The summed E-state index contributed by atoms with van der Waals surface area (Å²) in [5, 5.41) is 4.16. The van der Waals surface area contributed by atoms with Gasteiger partial charge in [-0.3, -0.25) is 0 Å². The van der Waals surface area contributed by atoms with E-state index in [1.807, 2.05) is 6.07 Å². The number of hydrogen-bond donors (Lipinski definition) is 1. The Balaban J connectivity index is 1.97. The number of nitrogens with one attached hydrogen (secondary N) is 1. The van der Waals surface area contributed by atoms with Crippen molar-refractivity contribution < 1.29 is 4.74 Å². The number of ether oxygens (including phenoxy) is 1. The van der Waals surface area contributed by atoms with Gasteiger partial charge in [0, 0.05) is 12.0 Å². The number of fused-ring (bicyclic) bond motifs is 1. The average Bonchev–Trinajstić information content (AvgIpc) is 2.82. The van der Waals surface area contributed by atoms with Gasteiger partial charge in [0.1, 0.15) is 5.75 Å². The molecule has 2 atom stereocenters. The van der Waals surface area contributed by atoms with Crippen LogP contribution in [0.5, 0.6) is 5.75 Å². The van der Waals surface area contributed by atoms with Crippen molar-refractivity contribution in [1.29, 1.82) is 0 Å². The van der Waals surface area contributed by atoms with Crippen LogP contribution in [0.4, 0.5) is 0 Å².